The summed E-state index contributed by atoms with van der Waals surface area (Å²) in [4.78, 5) is 0. The van der Waals surface area contributed by atoms with Gasteiger partial charge in [-0.25, -0.2) is 4.68 Å². The summed E-state index contributed by atoms with van der Waals surface area (Å²) >= 11 is 0. The second-order valence-corrected chi connectivity index (χ2v) is 6.17. The average Bonchev–Trinajstić information content (AvgIpc) is 2.88. The molecule has 1 aromatic rings. The van der Waals surface area contributed by atoms with E-state index in [0.717, 1.165) is 31.8 Å². The van der Waals surface area contributed by atoms with E-state index in [4.69, 9.17) is 4.74 Å². The van der Waals surface area contributed by atoms with Gasteiger partial charge in [0.25, 0.3) is 0 Å². The molecule has 0 radical (unpaired) electrons. The van der Waals surface area contributed by atoms with Crippen LogP contribution < -0.4 is 5.32 Å². The van der Waals surface area contributed by atoms with Gasteiger partial charge in [-0.15, -0.1) is 5.10 Å². The van der Waals surface area contributed by atoms with E-state index in [0.29, 0.717) is 12.1 Å². The zero-order valence-electron chi connectivity index (χ0n) is 13.3. The third-order valence-electron chi connectivity index (χ3n) is 4.40. The van der Waals surface area contributed by atoms with Crippen molar-refractivity contribution in [2.45, 2.75) is 65.6 Å². The number of nitrogens with one attached hydrogen (secondary N) is 1. The van der Waals surface area contributed by atoms with E-state index >= 15 is 0 Å². The summed E-state index contributed by atoms with van der Waals surface area (Å²) in [5.41, 5.74) is 0.0740. The summed E-state index contributed by atoms with van der Waals surface area (Å²) in [6.45, 7) is 12.5. The molecule has 1 heterocycles. The van der Waals surface area contributed by atoms with Gasteiger partial charge in [0.15, 0.2) is 5.82 Å². The van der Waals surface area contributed by atoms with Crippen molar-refractivity contribution in [1.82, 2.24) is 25.5 Å². The third-order valence-corrected chi connectivity index (χ3v) is 4.40. The van der Waals surface area contributed by atoms with Gasteiger partial charge in [0.1, 0.15) is 0 Å². The Morgan fingerprint density at radius 1 is 1.45 bits per heavy atom. The topological polar surface area (TPSA) is 64.9 Å². The second kappa shape index (κ2) is 6.18. The minimum absolute atomic E-state index is 0.0740. The maximum Gasteiger partial charge on any atom is 0.168 e. The standard InChI is InChI=1S/C14H27N5O/c1-6-8-15-10(3)13-16-17-18-19(13)11-9-12(20-7-2)14(11,4)5/h10-12,15H,6-9H2,1-5H3. The van der Waals surface area contributed by atoms with Crippen molar-refractivity contribution in [2.75, 3.05) is 13.2 Å². The van der Waals surface area contributed by atoms with E-state index < -0.39 is 0 Å². The lowest BCUT2D eigenvalue weighted by molar-refractivity contribution is -0.132. The van der Waals surface area contributed by atoms with Crippen molar-refractivity contribution >= 4 is 0 Å². The van der Waals surface area contributed by atoms with Crippen LogP contribution in [0.2, 0.25) is 0 Å². The van der Waals surface area contributed by atoms with Gasteiger partial charge in [-0.3, -0.25) is 0 Å². The maximum atomic E-state index is 5.79. The van der Waals surface area contributed by atoms with Crippen LogP contribution in [-0.2, 0) is 4.74 Å². The molecule has 0 aliphatic heterocycles. The Hall–Kier alpha value is -1.01. The Balaban J connectivity index is 2.09. The number of rotatable bonds is 7. The van der Waals surface area contributed by atoms with Crippen LogP contribution in [0, 0.1) is 5.41 Å². The molecule has 0 aromatic carbocycles. The highest BCUT2D eigenvalue weighted by Crippen LogP contribution is 2.51. The summed E-state index contributed by atoms with van der Waals surface area (Å²) in [5.74, 6) is 0.923. The molecule has 2 rings (SSSR count). The molecule has 20 heavy (non-hydrogen) atoms. The zero-order valence-corrected chi connectivity index (χ0v) is 13.3. The Bertz CT molecular complexity index is 431. The first-order valence-electron chi connectivity index (χ1n) is 7.65. The Labute approximate surface area is 121 Å². The van der Waals surface area contributed by atoms with Crippen molar-refractivity contribution in [2.24, 2.45) is 5.41 Å². The van der Waals surface area contributed by atoms with Crippen LogP contribution >= 0.6 is 0 Å². The van der Waals surface area contributed by atoms with Crippen LogP contribution in [0.1, 0.15) is 65.4 Å². The summed E-state index contributed by atoms with van der Waals surface area (Å²) in [6.07, 6.45) is 2.39. The van der Waals surface area contributed by atoms with E-state index in [1.807, 2.05) is 11.6 Å². The third kappa shape index (κ3) is 2.72. The predicted molar refractivity (Wildman–Crippen MR) is 77.4 cm³/mol. The molecule has 114 valence electrons. The van der Waals surface area contributed by atoms with E-state index in [9.17, 15) is 0 Å². The van der Waals surface area contributed by atoms with Crippen LogP contribution in [0.25, 0.3) is 0 Å². The first-order chi connectivity index (χ1) is 9.52. The fourth-order valence-corrected chi connectivity index (χ4v) is 2.92. The van der Waals surface area contributed by atoms with Gasteiger partial charge in [-0.1, -0.05) is 20.8 Å². The predicted octanol–water partition coefficient (Wildman–Crippen LogP) is 2.11. The van der Waals surface area contributed by atoms with Gasteiger partial charge in [0.2, 0.25) is 0 Å². The lowest BCUT2D eigenvalue weighted by Crippen LogP contribution is -2.52. The van der Waals surface area contributed by atoms with Crippen molar-refractivity contribution in [3.8, 4) is 0 Å². The van der Waals surface area contributed by atoms with Crippen LogP contribution in [0.3, 0.4) is 0 Å². The van der Waals surface area contributed by atoms with E-state index in [-0.39, 0.29) is 11.5 Å². The molecular weight excluding hydrogens is 254 g/mol. The minimum atomic E-state index is 0.0740. The lowest BCUT2D eigenvalue weighted by atomic mass is 9.64. The van der Waals surface area contributed by atoms with Crippen molar-refractivity contribution in [3.63, 3.8) is 0 Å². The van der Waals surface area contributed by atoms with Gasteiger partial charge in [-0.05, 0) is 43.7 Å². The van der Waals surface area contributed by atoms with E-state index in [1.54, 1.807) is 0 Å². The molecule has 3 atom stereocenters. The molecule has 1 N–H and O–H groups in total. The largest absolute Gasteiger partial charge is 0.378 e. The molecule has 1 aliphatic rings. The molecule has 0 bridgehead atoms. The lowest BCUT2D eigenvalue weighted by Gasteiger charge is -2.51. The summed E-state index contributed by atoms with van der Waals surface area (Å²) in [7, 11) is 0. The number of hydrogen-bond donors (Lipinski definition) is 1. The van der Waals surface area contributed by atoms with Crippen LogP contribution in [-0.4, -0.2) is 39.5 Å². The molecule has 0 amide bonds. The smallest absolute Gasteiger partial charge is 0.168 e. The minimum Gasteiger partial charge on any atom is -0.378 e. The van der Waals surface area contributed by atoms with Gasteiger partial charge < -0.3 is 10.1 Å². The number of tetrazole rings is 1. The van der Waals surface area contributed by atoms with Crippen molar-refractivity contribution in [3.05, 3.63) is 5.82 Å². The summed E-state index contributed by atoms with van der Waals surface area (Å²) in [6, 6.07) is 0.488. The van der Waals surface area contributed by atoms with Crippen LogP contribution in [0.5, 0.6) is 0 Å². The molecule has 1 saturated carbocycles. The monoisotopic (exact) mass is 281 g/mol. The highest BCUT2D eigenvalue weighted by Gasteiger charge is 2.51. The molecule has 1 fully saturated rings. The van der Waals surface area contributed by atoms with Gasteiger partial charge >= 0.3 is 0 Å². The van der Waals surface area contributed by atoms with Gasteiger partial charge in [-0.2, -0.15) is 0 Å². The molecular formula is C14H27N5O. The number of nitrogens with zero attached hydrogens (tertiary/aromatic N) is 4. The Morgan fingerprint density at radius 2 is 2.20 bits per heavy atom. The van der Waals surface area contributed by atoms with Crippen LogP contribution in [0.4, 0.5) is 0 Å². The zero-order chi connectivity index (χ0) is 14.8. The number of ether oxygens (including phenoxy) is 1. The first-order valence-corrected chi connectivity index (χ1v) is 7.65. The Kier molecular flexibility index (Phi) is 4.75. The second-order valence-electron chi connectivity index (χ2n) is 6.17. The summed E-state index contributed by atoms with van der Waals surface area (Å²) < 4.78 is 7.78. The molecule has 6 heteroatoms. The molecule has 1 aromatic heterocycles. The van der Waals surface area contributed by atoms with Crippen LogP contribution in [0.15, 0.2) is 0 Å². The molecule has 0 saturated heterocycles. The van der Waals surface area contributed by atoms with Crippen molar-refractivity contribution < 1.29 is 4.74 Å². The average molecular weight is 281 g/mol. The van der Waals surface area contributed by atoms with Gasteiger partial charge in [0.05, 0.1) is 18.2 Å². The molecule has 3 unspecified atom stereocenters. The highest BCUT2D eigenvalue weighted by molar-refractivity contribution is 5.05. The number of hydrogen-bond acceptors (Lipinski definition) is 5. The SMILES string of the molecule is CCCNC(C)c1nnnn1C1CC(OCC)C1(C)C. The number of aromatic nitrogens is 4. The molecule has 0 spiro atoms. The quantitative estimate of drug-likeness (QED) is 0.829. The normalized spacial score (nSPS) is 26.2. The van der Waals surface area contributed by atoms with E-state index in [1.165, 1.54) is 0 Å². The summed E-state index contributed by atoms with van der Waals surface area (Å²) in [5, 5.41) is 15.7. The molecule has 1 aliphatic carbocycles. The van der Waals surface area contributed by atoms with Gasteiger partial charge in [0, 0.05) is 12.0 Å². The fourth-order valence-electron chi connectivity index (χ4n) is 2.92. The van der Waals surface area contributed by atoms with Crippen molar-refractivity contribution in [1.29, 1.82) is 0 Å². The van der Waals surface area contributed by atoms with E-state index in [2.05, 4.69) is 48.5 Å². The highest BCUT2D eigenvalue weighted by atomic mass is 16.5. The Morgan fingerprint density at radius 3 is 2.80 bits per heavy atom. The maximum absolute atomic E-state index is 5.79. The fraction of sp³-hybridized carbons (Fsp3) is 0.929. The first kappa shape index (κ1) is 15.4. The molecule has 6 nitrogen and oxygen atoms in total.